The maximum absolute atomic E-state index is 11.5. The molecule has 0 aromatic carbocycles. The van der Waals surface area contributed by atoms with Gasteiger partial charge in [-0.2, -0.15) is 0 Å². The van der Waals surface area contributed by atoms with Crippen LogP contribution in [0.1, 0.15) is 5.69 Å². The third kappa shape index (κ3) is 3.04. The third-order valence-corrected chi connectivity index (χ3v) is 1.89. The van der Waals surface area contributed by atoms with Gasteiger partial charge in [-0.25, -0.2) is 4.68 Å². The maximum Gasteiger partial charge on any atom is 0.323 e. The summed E-state index contributed by atoms with van der Waals surface area (Å²) in [6, 6.07) is 0. The van der Waals surface area contributed by atoms with Crippen LogP contribution in [-0.4, -0.2) is 50.5 Å². The Morgan fingerprint density at radius 3 is 2.73 bits per heavy atom. The number of carboxylic acids is 1. The van der Waals surface area contributed by atoms with E-state index in [9.17, 15) is 9.59 Å². The lowest BCUT2D eigenvalue weighted by atomic mass is 10.4. The van der Waals surface area contributed by atoms with Crippen LogP contribution in [-0.2, 0) is 16.1 Å². The fourth-order valence-corrected chi connectivity index (χ4v) is 1.01. The quantitative estimate of drug-likeness (QED) is 0.700. The molecule has 1 N–H and O–H groups in total. The minimum atomic E-state index is -1.04. The number of likely N-dealkylation sites (N-methyl/N-ethyl adjacent to an activating group) is 1. The number of amides is 1. The van der Waals surface area contributed by atoms with Gasteiger partial charge in [0.1, 0.15) is 13.1 Å². The van der Waals surface area contributed by atoms with E-state index in [1.807, 2.05) is 0 Å². The zero-order valence-corrected chi connectivity index (χ0v) is 8.54. The van der Waals surface area contributed by atoms with E-state index in [1.165, 1.54) is 17.9 Å². The monoisotopic (exact) mass is 212 g/mol. The molecule has 0 saturated carbocycles. The minimum Gasteiger partial charge on any atom is -0.480 e. The molecular weight excluding hydrogens is 200 g/mol. The average molecular weight is 212 g/mol. The van der Waals surface area contributed by atoms with E-state index >= 15 is 0 Å². The van der Waals surface area contributed by atoms with Crippen molar-refractivity contribution in [1.82, 2.24) is 19.9 Å². The molecule has 7 heteroatoms. The van der Waals surface area contributed by atoms with Gasteiger partial charge in [-0.15, -0.1) is 5.10 Å². The molecule has 1 rings (SSSR count). The molecule has 0 atom stereocenters. The molecule has 1 aromatic heterocycles. The zero-order valence-electron chi connectivity index (χ0n) is 8.54. The molecule has 0 aliphatic rings. The largest absolute Gasteiger partial charge is 0.480 e. The smallest absolute Gasteiger partial charge is 0.323 e. The molecule has 0 saturated heterocycles. The maximum atomic E-state index is 11.5. The van der Waals surface area contributed by atoms with Gasteiger partial charge < -0.3 is 10.0 Å². The van der Waals surface area contributed by atoms with Crippen molar-refractivity contribution in [3.63, 3.8) is 0 Å². The Balaban J connectivity index is 2.56. The Labute approximate surface area is 86.3 Å². The van der Waals surface area contributed by atoms with Crippen molar-refractivity contribution < 1.29 is 14.7 Å². The SMILES string of the molecule is Cc1cnnn1CC(=O)N(C)CC(=O)O. The van der Waals surface area contributed by atoms with Crippen LogP contribution in [0.3, 0.4) is 0 Å². The zero-order chi connectivity index (χ0) is 11.4. The number of hydrogen-bond donors (Lipinski definition) is 1. The van der Waals surface area contributed by atoms with E-state index in [0.29, 0.717) is 0 Å². The highest BCUT2D eigenvalue weighted by Crippen LogP contribution is 1.95. The summed E-state index contributed by atoms with van der Waals surface area (Å²) in [5.41, 5.74) is 0.757. The molecule has 82 valence electrons. The number of rotatable bonds is 4. The summed E-state index contributed by atoms with van der Waals surface area (Å²) in [6.45, 7) is 1.46. The van der Waals surface area contributed by atoms with Gasteiger partial charge >= 0.3 is 5.97 Å². The molecule has 15 heavy (non-hydrogen) atoms. The highest BCUT2D eigenvalue weighted by atomic mass is 16.4. The molecule has 0 spiro atoms. The van der Waals surface area contributed by atoms with Crippen LogP contribution in [0, 0.1) is 6.92 Å². The number of aryl methyl sites for hydroxylation is 1. The Morgan fingerprint density at radius 1 is 1.60 bits per heavy atom. The summed E-state index contributed by atoms with van der Waals surface area (Å²) in [4.78, 5) is 23.0. The number of hydrogen-bond acceptors (Lipinski definition) is 4. The molecule has 0 aliphatic heterocycles. The van der Waals surface area contributed by atoms with Crippen molar-refractivity contribution in [2.75, 3.05) is 13.6 Å². The number of carbonyl (C=O) groups is 2. The molecular formula is C8H12N4O3. The first-order valence-electron chi connectivity index (χ1n) is 4.31. The number of nitrogens with zero attached hydrogens (tertiary/aromatic N) is 4. The standard InChI is InChI=1S/C8H12N4O3/c1-6-3-9-10-12(6)4-7(13)11(2)5-8(14)15/h3H,4-5H2,1-2H3,(H,14,15). The van der Waals surface area contributed by atoms with Crippen molar-refractivity contribution >= 4 is 11.9 Å². The van der Waals surface area contributed by atoms with Crippen LogP contribution in [0.25, 0.3) is 0 Å². The molecule has 1 aromatic rings. The Kier molecular flexibility index (Phi) is 3.37. The van der Waals surface area contributed by atoms with E-state index in [1.54, 1.807) is 6.92 Å². The van der Waals surface area contributed by atoms with E-state index in [2.05, 4.69) is 10.3 Å². The van der Waals surface area contributed by atoms with Crippen LogP contribution in [0.5, 0.6) is 0 Å². The lowest BCUT2D eigenvalue weighted by molar-refractivity contribution is -0.143. The lowest BCUT2D eigenvalue weighted by Crippen LogP contribution is -2.34. The summed E-state index contributed by atoms with van der Waals surface area (Å²) < 4.78 is 1.42. The highest BCUT2D eigenvalue weighted by Gasteiger charge is 2.13. The van der Waals surface area contributed by atoms with Crippen LogP contribution in [0.15, 0.2) is 6.20 Å². The fourth-order valence-electron chi connectivity index (χ4n) is 1.01. The van der Waals surface area contributed by atoms with E-state index in [4.69, 9.17) is 5.11 Å². The Bertz CT molecular complexity index is 374. The predicted octanol–water partition coefficient (Wildman–Crippen LogP) is -0.870. The van der Waals surface area contributed by atoms with Crippen molar-refractivity contribution in [2.24, 2.45) is 0 Å². The summed E-state index contributed by atoms with van der Waals surface area (Å²) in [5.74, 6) is -1.35. The molecule has 0 fully saturated rings. The topological polar surface area (TPSA) is 88.3 Å². The van der Waals surface area contributed by atoms with Crippen molar-refractivity contribution in [3.05, 3.63) is 11.9 Å². The van der Waals surface area contributed by atoms with Crippen LogP contribution < -0.4 is 0 Å². The van der Waals surface area contributed by atoms with Gasteiger partial charge in [0.2, 0.25) is 5.91 Å². The molecule has 0 aliphatic carbocycles. The van der Waals surface area contributed by atoms with Gasteiger partial charge in [0.25, 0.3) is 0 Å². The van der Waals surface area contributed by atoms with Gasteiger partial charge in [0.05, 0.1) is 11.9 Å². The highest BCUT2D eigenvalue weighted by molar-refractivity contribution is 5.80. The summed E-state index contributed by atoms with van der Waals surface area (Å²) >= 11 is 0. The molecule has 0 unspecified atom stereocenters. The number of aromatic nitrogens is 3. The average Bonchev–Trinajstić information content (AvgIpc) is 2.50. The van der Waals surface area contributed by atoms with E-state index in [-0.39, 0.29) is 19.0 Å². The first-order chi connectivity index (χ1) is 7.00. The third-order valence-electron chi connectivity index (χ3n) is 1.89. The van der Waals surface area contributed by atoms with E-state index < -0.39 is 5.97 Å². The summed E-state index contributed by atoms with van der Waals surface area (Å²) in [6.07, 6.45) is 1.53. The minimum absolute atomic E-state index is 0.00954. The van der Waals surface area contributed by atoms with Gasteiger partial charge in [-0.05, 0) is 6.92 Å². The van der Waals surface area contributed by atoms with Crippen LogP contribution in [0.4, 0.5) is 0 Å². The van der Waals surface area contributed by atoms with Crippen LogP contribution >= 0.6 is 0 Å². The van der Waals surface area contributed by atoms with Crippen LogP contribution in [0.2, 0.25) is 0 Å². The Morgan fingerprint density at radius 2 is 2.27 bits per heavy atom. The van der Waals surface area contributed by atoms with Gasteiger partial charge in [0, 0.05) is 7.05 Å². The van der Waals surface area contributed by atoms with Gasteiger partial charge in [-0.3, -0.25) is 9.59 Å². The Hall–Kier alpha value is -1.92. The van der Waals surface area contributed by atoms with Gasteiger partial charge in [-0.1, -0.05) is 5.21 Å². The number of carbonyl (C=O) groups excluding carboxylic acids is 1. The second-order valence-electron chi connectivity index (χ2n) is 3.18. The lowest BCUT2D eigenvalue weighted by Gasteiger charge is -2.14. The van der Waals surface area contributed by atoms with E-state index in [0.717, 1.165) is 10.6 Å². The normalized spacial score (nSPS) is 10.0. The molecule has 0 radical (unpaired) electrons. The van der Waals surface area contributed by atoms with Crippen molar-refractivity contribution in [1.29, 1.82) is 0 Å². The molecule has 7 nitrogen and oxygen atoms in total. The van der Waals surface area contributed by atoms with Crippen molar-refractivity contribution in [2.45, 2.75) is 13.5 Å². The second-order valence-corrected chi connectivity index (χ2v) is 3.18. The van der Waals surface area contributed by atoms with Crippen molar-refractivity contribution in [3.8, 4) is 0 Å². The first kappa shape index (κ1) is 11.2. The summed E-state index contributed by atoms with van der Waals surface area (Å²) in [7, 11) is 1.43. The molecule has 1 heterocycles. The summed E-state index contributed by atoms with van der Waals surface area (Å²) in [5, 5.41) is 15.8. The molecule has 0 bridgehead atoms. The fraction of sp³-hybridized carbons (Fsp3) is 0.500. The van der Waals surface area contributed by atoms with Gasteiger partial charge in [0.15, 0.2) is 0 Å². The molecule has 1 amide bonds. The predicted molar refractivity (Wildman–Crippen MR) is 50.0 cm³/mol. The second kappa shape index (κ2) is 4.54. The number of aliphatic carboxylic acids is 1. The first-order valence-corrected chi connectivity index (χ1v) is 4.31. The number of carboxylic acid groups (broad SMARTS) is 1.